The number of aromatic nitrogens is 5. The number of nitrogens with one attached hydrogen (secondary N) is 2. The highest BCUT2D eigenvalue weighted by molar-refractivity contribution is 5.93. The summed E-state index contributed by atoms with van der Waals surface area (Å²) in [5.41, 5.74) is 2.50. The summed E-state index contributed by atoms with van der Waals surface area (Å²) < 4.78 is 7.15. The Kier molecular flexibility index (Phi) is 4.29. The smallest absolute Gasteiger partial charge is 0.249 e. The third kappa shape index (κ3) is 3.12. The van der Waals surface area contributed by atoms with Crippen LogP contribution in [0.4, 0.5) is 5.95 Å². The monoisotopic (exact) mass is 362 g/mol. The van der Waals surface area contributed by atoms with E-state index in [1.54, 1.807) is 20.4 Å². The SMILES string of the molecule is COc1ccccc1-c1nc(NC(=O)[C@@H](C)n2cnc3ccccc32)n[nH]1. The number of para-hydroxylation sites is 3. The summed E-state index contributed by atoms with van der Waals surface area (Å²) in [6.45, 7) is 1.80. The zero-order chi connectivity index (χ0) is 18.8. The van der Waals surface area contributed by atoms with E-state index in [1.807, 2.05) is 53.1 Å². The summed E-state index contributed by atoms with van der Waals surface area (Å²) in [5.74, 6) is 1.16. The van der Waals surface area contributed by atoms with Crippen LogP contribution in [-0.2, 0) is 4.79 Å². The molecule has 2 aromatic carbocycles. The number of imidazole rings is 1. The Balaban J connectivity index is 1.54. The summed E-state index contributed by atoms with van der Waals surface area (Å²) in [6.07, 6.45) is 1.66. The Morgan fingerprint density at radius 2 is 1.96 bits per heavy atom. The lowest BCUT2D eigenvalue weighted by Gasteiger charge is -2.12. The number of hydrogen-bond donors (Lipinski definition) is 2. The molecule has 136 valence electrons. The molecular weight excluding hydrogens is 344 g/mol. The third-order valence-electron chi connectivity index (χ3n) is 4.36. The molecule has 8 nitrogen and oxygen atoms in total. The number of nitrogens with zero attached hydrogens (tertiary/aromatic N) is 4. The number of ether oxygens (including phenoxy) is 1. The molecular formula is C19H18N6O2. The zero-order valence-electron chi connectivity index (χ0n) is 14.9. The quantitative estimate of drug-likeness (QED) is 0.569. The highest BCUT2D eigenvalue weighted by Crippen LogP contribution is 2.27. The van der Waals surface area contributed by atoms with Crippen molar-refractivity contribution in [1.82, 2.24) is 24.7 Å². The van der Waals surface area contributed by atoms with Gasteiger partial charge in [0.1, 0.15) is 11.8 Å². The standard InChI is InChI=1S/C19H18N6O2/c1-12(25-11-20-14-8-4-5-9-15(14)25)18(26)22-19-21-17(23-24-19)13-7-3-6-10-16(13)27-2/h3-12H,1-2H3,(H2,21,22,23,24,26)/t12-/m1/s1. The first kappa shape index (κ1) is 16.8. The van der Waals surface area contributed by atoms with Gasteiger partial charge in [0.15, 0.2) is 5.82 Å². The molecule has 0 saturated carbocycles. The number of amides is 1. The van der Waals surface area contributed by atoms with Gasteiger partial charge >= 0.3 is 0 Å². The van der Waals surface area contributed by atoms with Gasteiger partial charge in [0.25, 0.3) is 0 Å². The average molecular weight is 362 g/mol. The highest BCUT2D eigenvalue weighted by Gasteiger charge is 2.19. The van der Waals surface area contributed by atoms with Crippen molar-refractivity contribution >= 4 is 22.9 Å². The minimum absolute atomic E-state index is 0.206. The van der Waals surface area contributed by atoms with Crippen LogP contribution in [0.1, 0.15) is 13.0 Å². The van der Waals surface area contributed by atoms with Crippen LogP contribution in [0, 0.1) is 0 Å². The van der Waals surface area contributed by atoms with E-state index < -0.39 is 6.04 Å². The number of benzene rings is 2. The van der Waals surface area contributed by atoms with Crippen molar-refractivity contribution in [2.45, 2.75) is 13.0 Å². The largest absolute Gasteiger partial charge is 0.496 e. The summed E-state index contributed by atoms with van der Waals surface area (Å²) >= 11 is 0. The van der Waals surface area contributed by atoms with Gasteiger partial charge in [0.05, 0.1) is 30.0 Å². The number of fused-ring (bicyclic) bond motifs is 1. The van der Waals surface area contributed by atoms with Crippen molar-refractivity contribution in [3.05, 3.63) is 54.9 Å². The van der Waals surface area contributed by atoms with Crippen molar-refractivity contribution in [3.8, 4) is 17.1 Å². The number of rotatable bonds is 5. The number of anilines is 1. The fourth-order valence-corrected chi connectivity index (χ4v) is 2.91. The lowest BCUT2D eigenvalue weighted by molar-refractivity contribution is -0.118. The Morgan fingerprint density at radius 1 is 1.19 bits per heavy atom. The van der Waals surface area contributed by atoms with Gasteiger partial charge in [0, 0.05) is 0 Å². The van der Waals surface area contributed by atoms with Crippen LogP contribution in [0.15, 0.2) is 54.9 Å². The van der Waals surface area contributed by atoms with E-state index in [9.17, 15) is 4.79 Å². The van der Waals surface area contributed by atoms with Crippen LogP contribution in [0.2, 0.25) is 0 Å². The van der Waals surface area contributed by atoms with E-state index >= 15 is 0 Å². The predicted octanol–water partition coefficient (Wildman–Crippen LogP) is 3.03. The molecule has 0 aliphatic carbocycles. The van der Waals surface area contributed by atoms with Gasteiger partial charge in [-0.25, -0.2) is 4.98 Å². The van der Waals surface area contributed by atoms with E-state index in [0.29, 0.717) is 11.6 Å². The summed E-state index contributed by atoms with van der Waals surface area (Å²) in [4.78, 5) is 21.3. The summed E-state index contributed by atoms with van der Waals surface area (Å²) in [6, 6.07) is 14.7. The summed E-state index contributed by atoms with van der Waals surface area (Å²) in [7, 11) is 1.59. The average Bonchev–Trinajstić information content (AvgIpc) is 3.34. The number of aromatic amines is 1. The van der Waals surface area contributed by atoms with Gasteiger partial charge in [0.2, 0.25) is 11.9 Å². The topological polar surface area (TPSA) is 97.7 Å². The molecule has 0 saturated heterocycles. The van der Waals surface area contributed by atoms with Crippen LogP contribution in [0.3, 0.4) is 0 Å². The lowest BCUT2D eigenvalue weighted by atomic mass is 10.2. The van der Waals surface area contributed by atoms with Gasteiger partial charge in [-0.15, -0.1) is 5.10 Å². The predicted molar refractivity (Wildman–Crippen MR) is 101 cm³/mol. The Bertz CT molecular complexity index is 1100. The zero-order valence-corrected chi connectivity index (χ0v) is 14.9. The number of carbonyl (C=O) groups excluding carboxylic acids is 1. The first-order chi connectivity index (χ1) is 13.2. The van der Waals surface area contributed by atoms with E-state index in [-0.39, 0.29) is 11.9 Å². The second kappa shape index (κ2) is 6.91. The van der Waals surface area contributed by atoms with E-state index in [0.717, 1.165) is 16.6 Å². The first-order valence-electron chi connectivity index (χ1n) is 8.45. The van der Waals surface area contributed by atoms with Gasteiger partial charge in [-0.05, 0) is 31.2 Å². The fraction of sp³-hybridized carbons (Fsp3) is 0.158. The van der Waals surface area contributed by atoms with Crippen LogP contribution in [0.25, 0.3) is 22.4 Å². The van der Waals surface area contributed by atoms with Gasteiger partial charge < -0.3 is 9.30 Å². The minimum Gasteiger partial charge on any atom is -0.496 e. The molecule has 0 spiro atoms. The number of methoxy groups -OCH3 is 1. The van der Waals surface area contributed by atoms with Gasteiger partial charge in [-0.2, -0.15) is 4.98 Å². The molecule has 8 heteroatoms. The molecule has 4 aromatic rings. The van der Waals surface area contributed by atoms with Crippen LogP contribution in [0.5, 0.6) is 5.75 Å². The van der Waals surface area contributed by atoms with Gasteiger partial charge in [-0.1, -0.05) is 24.3 Å². The van der Waals surface area contributed by atoms with Crippen molar-refractivity contribution in [3.63, 3.8) is 0 Å². The molecule has 0 radical (unpaired) electrons. The lowest BCUT2D eigenvalue weighted by Crippen LogP contribution is -2.23. The van der Waals surface area contributed by atoms with E-state index in [2.05, 4.69) is 25.5 Å². The van der Waals surface area contributed by atoms with Crippen molar-refractivity contribution in [1.29, 1.82) is 0 Å². The van der Waals surface area contributed by atoms with E-state index in [1.165, 1.54) is 0 Å². The molecule has 0 aliphatic rings. The van der Waals surface area contributed by atoms with Crippen molar-refractivity contribution < 1.29 is 9.53 Å². The minimum atomic E-state index is -0.467. The molecule has 27 heavy (non-hydrogen) atoms. The second-order valence-electron chi connectivity index (χ2n) is 6.01. The molecule has 2 N–H and O–H groups in total. The Morgan fingerprint density at radius 3 is 2.81 bits per heavy atom. The molecule has 0 bridgehead atoms. The molecule has 2 heterocycles. The number of carbonyl (C=O) groups is 1. The molecule has 4 rings (SSSR count). The number of H-pyrrole nitrogens is 1. The third-order valence-corrected chi connectivity index (χ3v) is 4.36. The van der Waals surface area contributed by atoms with Crippen molar-refractivity contribution in [2.75, 3.05) is 12.4 Å². The second-order valence-corrected chi connectivity index (χ2v) is 6.01. The number of hydrogen-bond acceptors (Lipinski definition) is 5. The fourth-order valence-electron chi connectivity index (χ4n) is 2.91. The molecule has 0 fully saturated rings. The molecule has 0 aliphatic heterocycles. The molecule has 0 unspecified atom stereocenters. The molecule has 1 atom stereocenters. The molecule has 2 aromatic heterocycles. The van der Waals surface area contributed by atoms with E-state index in [4.69, 9.17) is 4.74 Å². The Hall–Kier alpha value is -3.68. The van der Waals surface area contributed by atoms with Gasteiger partial charge in [-0.3, -0.25) is 15.2 Å². The maximum absolute atomic E-state index is 12.6. The van der Waals surface area contributed by atoms with Crippen LogP contribution in [-0.4, -0.2) is 37.7 Å². The van der Waals surface area contributed by atoms with Crippen molar-refractivity contribution in [2.24, 2.45) is 0 Å². The molecule has 1 amide bonds. The first-order valence-corrected chi connectivity index (χ1v) is 8.45. The normalized spacial score (nSPS) is 12.1. The summed E-state index contributed by atoms with van der Waals surface area (Å²) in [5, 5.41) is 9.66. The Labute approximate surface area is 155 Å². The van der Waals surface area contributed by atoms with Crippen LogP contribution >= 0.6 is 0 Å². The maximum atomic E-state index is 12.6. The highest BCUT2D eigenvalue weighted by atomic mass is 16.5. The van der Waals surface area contributed by atoms with Crippen LogP contribution < -0.4 is 10.1 Å². The maximum Gasteiger partial charge on any atom is 0.249 e.